The van der Waals surface area contributed by atoms with Gasteiger partial charge in [0.1, 0.15) is 0 Å². The highest BCUT2D eigenvalue weighted by Crippen LogP contribution is 2.40. The maximum atomic E-state index is 14.7. The fourth-order valence-electron chi connectivity index (χ4n) is 5.91. The van der Waals surface area contributed by atoms with Gasteiger partial charge in [0.05, 0.1) is 12.2 Å². The Labute approximate surface area is 207 Å². The summed E-state index contributed by atoms with van der Waals surface area (Å²) in [5.41, 5.74) is 1.37. The summed E-state index contributed by atoms with van der Waals surface area (Å²) >= 11 is 0. The zero-order valence-corrected chi connectivity index (χ0v) is 21.0. The third-order valence-corrected chi connectivity index (χ3v) is 8.43. The molecule has 4 rings (SSSR count). The Kier molecular flexibility index (Phi) is 8.57. The molecule has 0 N–H and O–H groups in total. The maximum absolute atomic E-state index is 14.7. The van der Waals surface area contributed by atoms with Gasteiger partial charge in [-0.15, -0.1) is 0 Å². The molecule has 192 valence electrons. The second-order valence-corrected chi connectivity index (χ2v) is 10.8. The van der Waals surface area contributed by atoms with Gasteiger partial charge in [-0.25, -0.2) is 8.78 Å². The van der Waals surface area contributed by atoms with E-state index in [2.05, 4.69) is 26.0 Å². The van der Waals surface area contributed by atoms with Crippen LogP contribution in [-0.2, 0) is 17.3 Å². The number of hydrogen-bond acceptors (Lipinski definition) is 1. The summed E-state index contributed by atoms with van der Waals surface area (Å²) in [5.74, 6) is -0.787. The van der Waals surface area contributed by atoms with Crippen LogP contribution >= 0.6 is 0 Å². The average Bonchev–Trinajstić information content (AvgIpc) is 2.86. The van der Waals surface area contributed by atoms with Crippen molar-refractivity contribution in [2.24, 2.45) is 11.8 Å². The predicted molar refractivity (Wildman–Crippen MR) is 132 cm³/mol. The second-order valence-electron chi connectivity index (χ2n) is 10.8. The van der Waals surface area contributed by atoms with Crippen molar-refractivity contribution in [2.45, 2.75) is 96.0 Å². The summed E-state index contributed by atoms with van der Waals surface area (Å²) in [6.07, 6.45) is 5.96. The van der Waals surface area contributed by atoms with Gasteiger partial charge >= 0.3 is 6.11 Å². The van der Waals surface area contributed by atoms with Crippen LogP contribution in [-0.4, -0.2) is 6.61 Å². The SMILES string of the molecule is CC[C@H]1CC[C@H](c2ccc(CCOC(F)(F)c3ccc([C@H]4CC[C@H](C)CC4)c(F)c3F)cc2)CC1. The molecule has 0 radical (unpaired) electrons. The molecule has 0 heterocycles. The van der Waals surface area contributed by atoms with E-state index in [0.29, 0.717) is 11.8 Å². The van der Waals surface area contributed by atoms with Crippen molar-refractivity contribution in [3.8, 4) is 0 Å². The smallest absolute Gasteiger partial charge is 0.316 e. The first-order chi connectivity index (χ1) is 16.8. The van der Waals surface area contributed by atoms with Gasteiger partial charge in [0.25, 0.3) is 0 Å². The predicted octanol–water partition coefficient (Wildman–Crippen LogP) is 9.25. The summed E-state index contributed by atoms with van der Waals surface area (Å²) in [6, 6.07) is 10.4. The summed E-state index contributed by atoms with van der Waals surface area (Å²) < 4.78 is 63.5. The van der Waals surface area contributed by atoms with Gasteiger partial charge in [0.2, 0.25) is 0 Å². The van der Waals surface area contributed by atoms with Gasteiger partial charge < -0.3 is 4.74 Å². The van der Waals surface area contributed by atoms with E-state index < -0.39 is 23.3 Å². The van der Waals surface area contributed by atoms with Crippen LogP contribution in [0.25, 0.3) is 0 Å². The number of ether oxygens (including phenoxy) is 1. The molecule has 1 nitrogen and oxygen atoms in total. The third kappa shape index (κ3) is 6.28. The van der Waals surface area contributed by atoms with Crippen molar-refractivity contribution >= 4 is 0 Å². The van der Waals surface area contributed by atoms with Gasteiger partial charge in [0, 0.05) is 0 Å². The fourth-order valence-corrected chi connectivity index (χ4v) is 5.91. The Morgan fingerprint density at radius 1 is 0.800 bits per heavy atom. The molecule has 0 atom stereocenters. The fraction of sp³-hybridized carbons (Fsp3) is 0.600. The average molecular weight is 491 g/mol. The van der Waals surface area contributed by atoms with Crippen LogP contribution in [0.5, 0.6) is 0 Å². The van der Waals surface area contributed by atoms with Crippen molar-refractivity contribution in [1.82, 2.24) is 0 Å². The largest absolute Gasteiger partial charge is 0.386 e. The Bertz CT molecular complexity index is 955. The van der Waals surface area contributed by atoms with E-state index in [1.54, 1.807) is 0 Å². The van der Waals surface area contributed by atoms with Crippen LogP contribution in [0.4, 0.5) is 17.6 Å². The van der Waals surface area contributed by atoms with Gasteiger partial charge in [0.15, 0.2) is 11.6 Å². The quantitative estimate of drug-likeness (QED) is 0.335. The molecule has 2 aliphatic rings. The lowest BCUT2D eigenvalue weighted by atomic mass is 9.78. The first-order valence-corrected chi connectivity index (χ1v) is 13.4. The Morgan fingerprint density at radius 3 is 2.06 bits per heavy atom. The van der Waals surface area contributed by atoms with Crippen molar-refractivity contribution < 1.29 is 22.3 Å². The van der Waals surface area contributed by atoms with Crippen molar-refractivity contribution in [2.75, 3.05) is 6.61 Å². The third-order valence-electron chi connectivity index (χ3n) is 8.43. The standard InChI is InChI=1S/C30H38F4O/c1-3-21-6-12-23(13-7-21)24-14-8-22(9-15-24)18-19-35-30(33,34)27-17-16-26(28(31)29(27)32)25-10-4-20(2)5-11-25/h8-9,14-17,20-21,23,25H,3-7,10-13,18-19H2,1-2H3/t20-,21-,23-,25-. The highest BCUT2D eigenvalue weighted by molar-refractivity contribution is 5.31. The van der Waals surface area contributed by atoms with E-state index in [0.717, 1.165) is 43.2 Å². The lowest BCUT2D eigenvalue weighted by molar-refractivity contribution is -0.249. The lowest BCUT2D eigenvalue weighted by Gasteiger charge is -2.28. The van der Waals surface area contributed by atoms with Crippen molar-refractivity contribution in [3.05, 3.63) is 70.3 Å². The summed E-state index contributed by atoms with van der Waals surface area (Å²) in [6.45, 7) is 4.11. The van der Waals surface area contributed by atoms with Crippen LogP contribution in [0.15, 0.2) is 36.4 Å². The summed E-state index contributed by atoms with van der Waals surface area (Å²) in [5, 5.41) is 0. The van der Waals surface area contributed by atoms with Gasteiger partial charge in [-0.1, -0.05) is 63.4 Å². The zero-order valence-electron chi connectivity index (χ0n) is 21.0. The van der Waals surface area contributed by atoms with E-state index in [-0.39, 0.29) is 24.5 Å². The lowest BCUT2D eigenvalue weighted by Crippen LogP contribution is -2.23. The van der Waals surface area contributed by atoms with Crippen LogP contribution in [0.3, 0.4) is 0 Å². The molecule has 0 bridgehead atoms. The molecule has 35 heavy (non-hydrogen) atoms. The molecule has 0 aromatic heterocycles. The van der Waals surface area contributed by atoms with E-state index in [9.17, 15) is 17.6 Å². The number of benzene rings is 2. The van der Waals surface area contributed by atoms with Crippen LogP contribution in [0, 0.1) is 23.5 Å². The highest BCUT2D eigenvalue weighted by atomic mass is 19.3. The molecule has 2 aliphatic carbocycles. The Morgan fingerprint density at radius 2 is 1.43 bits per heavy atom. The molecule has 2 saturated carbocycles. The molecule has 0 saturated heterocycles. The second kappa shape index (κ2) is 11.5. The number of alkyl halides is 2. The van der Waals surface area contributed by atoms with E-state index in [1.807, 2.05) is 12.1 Å². The van der Waals surface area contributed by atoms with E-state index in [4.69, 9.17) is 4.74 Å². The highest BCUT2D eigenvalue weighted by Gasteiger charge is 2.38. The first kappa shape index (κ1) is 26.2. The number of halogens is 4. The van der Waals surface area contributed by atoms with Crippen molar-refractivity contribution in [1.29, 1.82) is 0 Å². The monoisotopic (exact) mass is 490 g/mol. The van der Waals surface area contributed by atoms with Crippen LogP contribution < -0.4 is 0 Å². The number of hydrogen-bond donors (Lipinski definition) is 0. The Balaban J connectivity index is 1.33. The topological polar surface area (TPSA) is 9.23 Å². The molecule has 0 spiro atoms. The van der Waals surface area contributed by atoms with E-state index in [1.165, 1.54) is 43.7 Å². The maximum Gasteiger partial charge on any atom is 0.386 e. The van der Waals surface area contributed by atoms with E-state index >= 15 is 0 Å². The minimum absolute atomic E-state index is 0.117. The molecule has 0 unspecified atom stereocenters. The Hall–Kier alpha value is -1.88. The summed E-state index contributed by atoms with van der Waals surface area (Å²) in [4.78, 5) is 0. The minimum Gasteiger partial charge on any atom is -0.316 e. The van der Waals surface area contributed by atoms with Crippen LogP contribution in [0.2, 0.25) is 0 Å². The normalized spacial score (nSPS) is 25.5. The van der Waals surface area contributed by atoms with Gasteiger partial charge in [-0.2, -0.15) is 8.78 Å². The van der Waals surface area contributed by atoms with Crippen LogP contribution in [0.1, 0.15) is 106 Å². The summed E-state index contributed by atoms with van der Waals surface area (Å²) in [7, 11) is 0. The molecule has 5 heteroatoms. The minimum atomic E-state index is -3.89. The first-order valence-electron chi connectivity index (χ1n) is 13.4. The molecular weight excluding hydrogens is 452 g/mol. The molecule has 0 amide bonds. The van der Waals surface area contributed by atoms with Gasteiger partial charge in [-0.3, -0.25) is 0 Å². The number of rotatable bonds is 8. The van der Waals surface area contributed by atoms with Crippen molar-refractivity contribution in [3.63, 3.8) is 0 Å². The molecule has 2 aromatic rings. The molecule has 0 aliphatic heterocycles. The molecular formula is C30H38F4O. The molecule has 2 fully saturated rings. The van der Waals surface area contributed by atoms with Gasteiger partial charge in [-0.05, 0) is 91.4 Å². The molecule has 2 aromatic carbocycles. The zero-order chi connectivity index (χ0) is 25.0.